The summed E-state index contributed by atoms with van der Waals surface area (Å²) >= 11 is 0. The Kier molecular flexibility index (Phi) is 7.00. The average Bonchev–Trinajstić information content (AvgIpc) is 3.12. The van der Waals surface area contributed by atoms with Gasteiger partial charge in [0.25, 0.3) is 10.0 Å². The molecule has 0 amide bonds. The first-order valence-corrected chi connectivity index (χ1v) is 11.1. The number of hydrazine groups is 1. The molecule has 1 atom stereocenters. The Balaban J connectivity index is 1.49. The Labute approximate surface area is 170 Å². The fraction of sp³-hybridized carbons (Fsp3) is 0.381. The number of hydrogen-bond acceptors (Lipinski definition) is 5. The molecule has 1 N–H and O–H groups in total. The monoisotopic (exact) mass is 420 g/mol. The topological polar surface area (TPSA) is 75.7 Å². The molecule has 6 nitrogen and oxygen atoms in total. The molecule has 2 aromatic rings. The van der Waals surface area contributed by atoms with Crippen molar-refractivity contribution in [1.29, 1.82) is 0 Å². The molecular weight excluding hydrogens is 395 g/mol. The lowest BCUT2D eigenvalue weighted by atomic mass is 10.1. The van der Waals surface area contributed by atoms with E-state index in [4.69, 9.17) is 4.74 Å². The van der Waals surface area contributed by atoms with Crippen molar-refractivity contribution in [3.05, 3.63) is 59.9 Å². The van der Waals surface area contributed by atoms with Crippen LogP contribution in [0.4, 0.5) is 4.39 Å². The van der Waals surface area contributed by atoms with E-state index >= 15 is 0 Å². The molecule has 0 spiro atoms. The fourth-order valence-electron chi connectivity index (χ4n) is 3.39. The molecule has 0 saturated carbocycles. The summed E-state index contributed by atoms with van der Waals surface area (Å²) in [6, 6.07) is 12.1. The van der Waals surface area contributed by atoms with E-state index in [0.717, 1.165) is 31.7 Å². The number of hydrogen-bond donors (Lipinski definition) is 1. The molecule has 0 radical (unpaired) electrons. The summed E-state index contributed by atoms with van der Waals surface area (Å²) in [6.07, 6.45) is 3.32. The summed E-state index contributed by atoms with van der Waals surface area (Å²) in [5.41, 5.74) is 0.643. The van der Waals surface area contributed by atoms with Gasteiger partial charge in [-0.3, -0.25) is 4.79 Å². The Morgan fingerprint density at radius 1 is 1.24 bits per heavy atom. The number of sulfonamides is 1. The largest absolute Gasteiger partial charge is 0.494 e. The first-order chi connectivity index (χ1) is 13.8. The van der Waals surface area contributed by atoms with Crippen LogP contribution in [-0.2, 0) is 10.0 Å². The summed E-state index contributed by atoms with van der Waals surface area (Å²) in [5, 5.41) is 1.72. The second-order valence-electron chi connectivity index (χ2n) is 7.11. The lowest BCUT2D eigenvalue weighted by Crippen LogP contribution is -2.45. The van der Waals surface area contributed by atoms with Crippen LogP contribution in [0.2, 0.25) is 0 Å². The van der Waals surface area contributed by atoms with Crippen molar-refractivity contribution in [3.8, 4) is 5.75 Å². The average molecular weight is 421 g/mol. The molecule has 1 fully saturated rings. The minimum Gasteiger partial charge on any atom is -0.494 e. The molecule has 2 aromatic carbocycles. The van der Waals surface area contributed by atoms with Gasteiger partial charge in [0, 0.05) is 18.2 Å². The summed E-state index contributed by atoms with van der Waals surface area (Å²) in [4.78, 5) is 13.8. The number of rotatable bonds is 9. The Morgan fingerprint density at radius 2 is 2.00 bits per heavy atom. The number of ketones is 1. The van der Waals surface area contributed by atoms with Gasteiger partial charge in [-0.1, -0.05) is 6.07 Å². The van der Waals surface area contributed by atoms with Crippen LogP contribution in [0, 0.1) is 5.82 Å². The molecule has 0 unspecified atom stereocenters. The molecule has 0 bridgehead atoms. The highest BCUT2D eigenvalue weighted by Crippen LogP contribution is 2.22. The summed E-state index contributed by atoms with van der Waals surface area (Å²) in [5.74, 6) is 0.128. The third kappa shape index (κ3) is 5.85. The number of carbonyl (C=O) groups excluding carboxylic acids is 1. The lowest BCUT2D eigenvalue weighted by molar-refractivity contribution is 0.101. The minimum absolute atomic E-state index is 0.0126. The van der Waals surface area contributed by atoms with E-state index in [0.29, 0.717) is 24.5 Å². The Hall–Kier alpha value is -2.29. The number of carbonyl (C=O) groups is 1. The molecule has 3 rings (SSSR count). The molecule has 1 aliphatic rings. The summed E-state index contributed by atoms with van der Waals surface area (Å²) in [7, 11) is -3.81. The van der Waals surface area contributed by atoms with Gasteiger partial charge >= 0.3 is 0 Å². The molecule has 0 aliphatic carbocycles. The third-order valence-corrected chi connectivity index (χ3v) is 6.28. The summed E-state index contributed by atoms with van der Waals surface area (Å²) < 4.78 is 44.1. The van der Waals surface area contributed by atoms with Crippen LogP contribution >= 0.6 is 0 Å². The minimum atomic E-state index is -3.81. The zero-order chi connectivity index (χ0) is 20.9. The third-order valence-electron chi connectivity index (χ3n) is 4.93. The molecule has 8 heteroatoms. The maximum absolute atomic E-state index is 13.4. The van der Waals surface area contributed by atoms with Gasteiger partial charge in [0.05, 0.1) is 11.5 Å². The molecule has 1 heterocycles. The predicted octanol–water partition coefficient (Wildman–Crippen LogP) is 3.55. The summed E-state index contributed by atoms with van der Waals surface area (Å²) in [6.45, 7) is 2.64. The second-order valence-corrected chi connectivity index (χ2v) is 8.77. The zero-order valence-corrected chi connectivity index (χ0v) is 17.1. The zero-order valence-electron chi connectivity index (χ0n) is 16.3. The number of ether oxygens (including phenoxy) is 1. The van der Waals surface area contributed by atoms with Crippen LogP contribution in [0.3, 0.4) is 0 Å². The smallest absolute Gasteiger partial charge is 0.253 e. The van der Waals surface area contributed by atoms with Gasteiger partial charge < -0.3 is 4.74 Å². The van der Waals surface area contributed by atoms with Crippen LogP contribution in [-0.4, -0.2) is 38.4 Å². The first-order valence-electron chi connectivity index (χ1n) is 9.63. The fourth-order valence-corrected chi connectivity index (χ4v) is 4.57. The van der Waals surface area contributed by atoms with Crippen molar-refractivity contribution in [3.63, 3.8) is 0 Å². The molecule has 29 heavy (non-hydrogen) atoms. The Bertz CT molecular complexity index is 947. The maximum Gasteiger partial charge on any atom is 0.253 e. The van der Waals surface area contributed by atoms with E-state index in [2.05, 4.69) is 4.83 Å². The van der Waals surface area contributed by atoms with Gasteiger partial charge in [-0.25, -0.2) is 17.8 Å². The van der Waals surface area contributed by atoms with Gasteiger partial charge in [0.2, 0.25) is 0 Å². The number of Topliss-reactive ketones (excluding diaryl/α,β-unsaturated/α-hetero) is 1. The first kappa shape index (κ1) is 21.4. The van der Waals surface area contributed by atoms with E-state index in [1.54, 1.807) is 29.3 Å². The quantitative estimate of drug-likeness (QED) is 0.496. The van der Waals surface area contributed by atoms with Gasteiger partial charge in [-0.2, -0.15) is 0 Å². The van der Waals surface area contributed by atoms with Crippen LogP contribution < -0.4 is 9.57 Å². The van der Waals surface area contributed by atoms with Crippen molar-refractivity contribution in [2.75, 3.05) is 13.2 Å². The molecule has 156 valence electrons. The van der Waals surface area contributed by atoms with Crippen molar-refractivity contribution in [2.45, 2.75) is 43.5 Å². The highest BCUT2D eigenvalue weighted by Gasteiger charge is 2.28. The molecule has 1 aliphatic heterocycles. The molecular formula is C21H25FN2O4S. The standard InChI is InChI=1S/C21H25FN2O4S/c1-16(25)17-9-11-20(12-10-17)28-14-4-7-19-6-3-13-24(19)23-29(26,27)21-8-2-5-18(22)15-21/h2,5,8-12,15,19,23H,3-4,6-7,13-14H2,1H3/t19-/m1/s1. The SMILES string of the molecule is CC(=O)c1ccc(OCCC[C@H]2CCCN2NS(=O)(=O)c2cccc(F)c2)cc1. The molecule has 0 aromatic heterocycles. The van der Waals surface area contributed by atoms with Crippen molar-refractivity contribution in [1.82, 2.24) is 9.84 Å². The second kappa shape index (κ2) is 9.47. The van der Waals surface area contributed by atoms with E-state index < -0.39 is 15.8 Å². The number of nitrogens with one attached hydrogen (secondary N) is 1. The number of halogens is 1. The normalized spacial score (nSPS) is 17.4. The Morgan fingerprint density at radius 3 is 2.69 bits per heavy atom. The van der Waals surface area contributed by atoms with Crippen molar-refractivity contribution in [2.24, 2.45) is 0 Å². The molecule has 1 saturated heterocycles. The number of benzene rings is 2. The van der Waals surface area contributed by atoms with E-state index in [-0.39, 0.29) is 16.7 Å². The predicted molar refractivity (Wildman–Crippen MR) is 108 cm³/mol. The van der Waals surface area contributed by atoms with Gasteiger partial charge in [-0.05, 0) is 75.1 Å². The van der Waals surface area contributed by atoms with Crippen LogP contribution in [0.5, 0.6) is 5.75 Å². The van der Waals surface area contributed by atoms with Crippen molar-refractivity contribution < 1.29 is 22.3 Å². The highest BCUT2D eigenvalue weighted by molar-refractivity contribution is 7.89. The van der Waals surface area contributed by atoms with Crippen LogP contribution in [0.15, 0.2) is 53.4 Å². The van der Waals surface area contributed by atoms with E-state index in [1.807, 2.05) is 0 Å². The van der Waals surface area contributed by atoms with E-state index in [9.17, 15) is 17.6 Å². The number of nitrogens with zero attached hydrogens (tertiary/aromatic N) is 1. The van der Waals surface area contributed by atoms with Crippen LogP contribution in [0.1, 0.15) is 43.0 Å². The van der Waals surface area contributed by atoms with Crippen LogP contribution in [0.25, 0.3) is 0 Å². The highest BCUT2D eigenvalue weighted by atomic mass is 32.2. The van der Waals surface area contributed by atoms with E-state index in [1.165, 1.54) is 25.1 Å². The van der Waals surface area contributed by atoms with Gasteiger partial charge in [0.1, 0.15) is 11.6 Å². The van der Waals surface area contributed by atoms with Gasteiger partial charge in [-0.15, -0.1) is 4.83 Å². The lowest BCUT2D eigenvalue weighted by Gasteiger charge is -2.25. The van der Waals surface area contributed by atoms with Gasteiger partial charge in [0.15, 0.2) is 5.78 Å². The van der Waals surface area contributed by atoms with Crippen molar-refractivity contribution >= 4 is 15.8 Å². The maximum atomic E-state index is 13.4.